The summed E-state index contributed by atoms with van der Waals surface area (Å²) in [5, 5.41) is 2.21. The largest absolute Gasteiger partial charge is 0.496 e. The molecule has 1 fully saturated rings. The van der Waals surface area contributed by atoms with Crippen LogP contribution >= 0.6 is 23.7 Å². The summed E-state index contributed by atoms with van der Waals surface area (Å²) in [6.45, 7) is 4.84. The molecule has 1 aromatic carbocycles. The highest BCUT2D eigenvalue weighted by atomic mass is 35.5. The maximum atomic E-state index is 5.63. The molecule has 0 saturated carbocycles. The molecule has 0 radical (unpaired) electrons. The van der Waals surface area contributed by atoms with Gasteiger partial charge in [-0.3, -0.25) is 4.90 Å². The molecule has 2 heterocycles. The molecule has 1 saturated heterocycles. The molecule has 0 amide bonds. The van der Waals surface area contributed by atoms with Gasteiger partial charge in [0.15, 0.2) is 0 Å². The predicted molar refractivity (Wildman–Crippen MR) is 104 cm³/mol. The Kier molecular flexibility index (Phi) is 5.24. The van der Waals surface area contributed by atoms with Gasteiger partial charge in [0, 0.05) is 22.9 Å². The van der Waals surface area contributed by atoms with Crippen molar-refractivity contribution in [3.8, 4) is 5.75 Å². The summed E-state index contributed by atoms with van der Waals surface area (Å²) in [5.74, 6) is 1.78. The van der Waals surface area contributed by atoms with Crippen LogP contribution in [0.4, 0.5) is 0 Å². The fourth-order valence-corrected chi connectivity index (χ4v) is 5.41. The molecule has 4 rings (SSSR count). The Morgan fingerprint density at radius 1 is 1.25 bits per heavy atom. The summed E-state index contributed by atoms with van der Waals surface area (Å²) < 4.78 is 5.63. The molecule has 1 aliphatic heterocycles. The second-order valence-corrected chi connectivity index (χ2v) is 8.04. The predicted octanol–water partition coefficient (Wildman–Crippen LogP) is 5.22. The smallest absolute Gasteiger partial charge is 0.122 e. The Labute approximate surface area is 155 Å². The van der Waals surface area contributed by atoms with Gasteiger partial charge in [-0.2, -0.15) is 0 Å². The minimum atomic E-state index is 0. The van der Waals surface area contributed by atoms with Crippen LogP contribution in [-0.4, -0.2) is 25.1 Å². The minimum absolute atomic E-state index is 0. The average molecular weight is 364 g/mol. The molecule has 1 aliphatic carbocycles. The van der Waals surface area contributed by atoms with Crippen molar-refractivity contribution in [3.05, 3.63) is 51.7 Å². The summed E-state index contributed by atoms with van der Waals surface area (Å²) in [4.78, 5) is 4.28. The van der Waals surface area contributed by atoms with Crippen molar-refractivity contribution in [2.45, 2.75) is 44.1 Å². The zero-order valence-corrected chi connectivity index (χ0v) is 16.1. The SMILES string of the molecule is COc1cccc2c1CCCC2(C)N1CCC(c2cccs2)C1.Cl. The van der Waals surface area contributed by atoms with Gasteiger partial charge in [-0.15, -0.1) is 23.7 Å². The van der Waals surface area contributed by atoms with E-state index in [1.165, 1.54) is 43.5 Å². The maximum absolute atomic E-state index is 5.63. The number of likely N-dealkylation sites (tertiary alicyclic amines) is 1. The lowest BCUT2D eigenvalue weighted by molar-refractivity contribution is 0.111. The molecule has 0 bridgehead atoms. The van der Waals surface area contributed by atoms with Crippen LogP contribution in [0.1, 0.15) is 48.1 Å². The van der Waals surface area contributed by atoms with E-state index < -0.39 is 0 Å². The standard InChI is InChI=1S/C20H25NOS.ClH/c1-20(21-12-10-15(14-21)19-9-5-13-23-19)11-4-6-16-17(20)7-3-8-18(16)22-2;/h3,5,7-9,13,15H,4,6,10-12,14H2,1-2H3;1H. The van der Waals surface area contributed by atoms with E-state index in [0.29, 0.717) is 5.92 Å². The molecule has 2 aliphatic rings. The summed E-state index contributed by atoms with van der Waals surface area (Å²) in [6.07, 6.45) is 4.95. The van der Waals surface area contributed by atoms with Crippen molar-refractivity contribution < 1.29 is 4.74 Å². The van der Waals surface area contributed by atoms with Crippen LogP contribution in [0.15, 0.2) is 35.7 Å². The fourth-order valence-electron chi connectivity index (χ4n) is 4.56. The average Bonchev–Trinajstić information content (AvgIpc) is 3.26. The number of benzene rings is 1. The Morgan fingerprint density at radius 2 is 2.12 bits per heavy atom. The first-order valence-corrected chi connectivity index (χ1v) is 9.55. The van der Waals surface area contributed by atoms with Gasteiger partial charge in [-0.05, 0) is 67.8 Å². The first-order valence-electron chi connectivity index (χ1n) is 8.67. The number of methoxy groups -OCH3 is 1. The highest BCUT2D eigenvalue weighted by molar-refractivity contribution is 7.10. The van der Waals surface area contributed by atoms with E-state index in [1.807, 2.05) is 11.3 Å². The number of hydrogen-bond donors (Lipinski definition) is 0. The highest BCUT2D eigenvalue weighted by Crippen LogP contribution is 2.46. The third-order valence-corrected chi connectivity index (χ3v) is 6.89. The second kappa shape index (κ2) is 7.07. The van der Waals surface area contributed by atoms with E-state index in [1.54, 1.807) is 12.0 Å². The Morgan fingerprint density at radius 3 is 2.88 bits per heavy atom. The summed E-state index contributed by atoms with van der Waals surface area (Å²) in [5.41, 5.74) is 3.09. The molecule has 24 heavy (non-hydrogen) atoms. The zero-order chi connectivity index (χ0) is 15.9. The molecule has 2 aromatic rings. The number of ether oxygens (including phenoxy) is 1. The number of fused-ring (bicyclic) bond motifs is 1. The van der Waals surface area contributed by atoms with Crippen LogP contribution in [0.5, 0.6) is 5.75 Å². The molecule has 0 N–H and O–H groups in total. The molecule has 0 spiro atoms. The Hall–Kier alpha value is -1.03. The van der Waals surface area contributed by atoms with Crippen LogP contribution in [-0.2, 0) is 12.0 Å². The maximum Gasteiger partial charge on any atom is 0.122 e. The van der Waals surface area contributed by atoms with Crippen molar-refractivity contribution in [3.63, 3.8) is 0 Å². The molecule has 2 nitrogen and oxygen atoms in total. The lowest BCUT2D eigenvalue weighted by Crippen LogP contribution is -2.44. The van der Waals surface area contributed by atoms with Gasteiger partial charge in [0.1, 0.15) is 5.75 Å². The van der Waals surface area contributed by atoms with Crippen LogP contribution in [0.3, 0.4) is 0 Å². The molecule has 1 aromatic heterocycles. The van der Waals surface area contributed by atoms with E-state index in [4.69, 9.17) is 4.74 Å². The van der Waals surface area contributed by atoms with Gasteiger partial charge >= 0.3 is 0 Å². The second-order valence-electron chi connectivity index (χ2n) is 7.06. The quantitative estimate of drug-likeness (QED) is 0.741. The van der Waals surface area contributed by atoms with Crippen molar-refractivity contribution in [1.29, 1.82) is 0 Å². The number of hydrogen-bond acceptors (Lipinski definition) is 3. The highest BCUT2D eigenvalue weighted by Gasteiger charge is 2.41. The van der Waals surface area contributed by atoms with E-state index in [0.717, 1.165) is 12.2 Å². The van der Waals surface area contributed by atoms with Gasteiger partial charge in [0.05, 0.1) is 7.11 Å². The monoisotopic (exact) mass is 363 g/mol. The Balaban J connectivity index is 0.00000169. The lowest BCUT2D eigenvalue weighted by Gasteiger charge is -2.44. The van der Waals surface area contributed by atoms with Gasteiger partial charge in [0.2, 0.25) is 0 Å². The third-order valence-electron chi connectivity index (χ3n) is 5.86. The molecule has 2 atom stereocenters. The summed E-state index contributed by atoms with van der Waals surface area (Å²) in [6, 6.07) is 11.1. The molecule has 130 valence electrons. The molecular weight excluding hydrogens is 338 g/mol. The van der Waals surface area contributed by atoms with Gasteiger partial charge in [0.25, 0.3) is 0 Å². The summed E-state index contributed by atoms with van der Waals surface area (Å²) in [7, 11) is 1.80. The number of thiophene rings is 1. The minimum Gasteiger partial charge on any atom is -0.496 e. The van der Waals surface area contributed by atoms with Gasteiger partial charge < -0.3 is 4.74 Å². The number of halogens is 1. The lowest BCUT2D eigenvalue weighted by atomic mass is 9.76. The normalized spacial score (nSPS) is 26.7. The Bertz CT molecular complexity index is 687. The van der Waals surface area contributed by atoms with Crippen LogP contribution in [0, 0.1) is 0 Å². The number of rotatable bonds is 3. The first kappa shape index (κ1) is 17.8. The van der Waals surface area contributed by atoms with Gasteiger partial charge in [-0.1, -0.05) is 18.2 Å². The summed E-state index contributed by atoms with van der Waals surface area (Å²) >= 11 is 1.91. The first-order chi connectivity index (χ1) is 11.2. The van der Waals surface area contributed by atoms with Crippen molar-refractivity contribution in [1.82, 2.24) is 4.90 Å². The molecule has 2 unspecified atom stereocenters. The van der Waals surface area contributed by atoms with E-state index in [2.05, 4.69) is 47.5 Å². The fraction of sp³-hybridized carbons (Fsp3) is 0.500. The molecular formula is C20H26ClNOS. The van der Waals surface area contributed by atoms with Crippen LogP contribution in [0.25, 0.3) is 0 Å². The third kappa shape index (κ3) is 2.87. The van der Waals surface area contributed by atoms with E-state index in [9.17, 15) is 0 Å². The van der Waals surface area contributed by atoms with Gasteiger partial charge in [-0.25, -0.2) is 0 Å². The van der Waals surface area contributed by atoms with Crippen molar-refractivity contribution in [2.75, 3.05) is 20.2 Å². The van der Waals surface area contributed by atoms with Crippen LogP contribution < -0.4 is 4.74 Å². The number of nitrogens with zero attached hydrogens (tertiary/aromatic N) is 1. The van der Waals surface area contributed by atoms with Crippen molar-refractivity contribution >= 4 is 23.7 Å². The van der Waals surface area contributed by atoms with E-state index >= 15 is 0 Å². The molecule has 4 heteroatoms. The topological polar surface area (TPSA) is 12.5 Å². The van der Waals surface area contributed by atoms with Crippen molar-refractivity contribution in [2.24, 2.45) is 0 Å². The zero-order valence-electron chi connectivity index (χ0n) is 14.5. The van der Waals surface area contributed by atoms with E-state index in [-0.39, 0.29) is 17.9 Å². The van der Waals surface area contributed by atoms with Crippen LogP contribution in [0.2, 0.25) is 0 Å².